The fourth-order valence-electron chi connectivity index (χ4n) is 2.01. The van der Waals surface area contributed by atoms with E-state index in [-0.39, 0.29) is 12.4 Å². The number of phenolic OH excluding ortho intramolecular Hbond substituents is 1. The fraction of sp³-hybridized carbons (Fsp3) is 0.167. The first-order chi connectivity index (χ1) is 11.5. The predicted octanol–water partition coefficient (Wildman–Crippen LogP) is 2.49. The number of benzene rings is 2. The van der Waals surface area contributed by atoms with Crippen molar-refractivity contribution in [2.45, 2.75) is 13.8 Å². The number of aromatic hydroxyl groups is 1. The van der Waals surface area contributed by atoms with Gasteiger partial charge in [0.15, 0.2) is 6.61 Å². The van der Waals surface area contributed by atoms with Gasteiger partial charge in [0.2, 0.25) is 0 Å². The van der Waals surface area contributed by atoms with Gasteiger partial charge >= 0.3 is 0 Å². The van der Waals surface area contributed by atoms with Gasteiger partial charge in [0.25, 0.3) is 5.91 Å². The quantitative estimate of drug-likeness (QED) is 0.653. The van der Waals surface area contributed by atoms with E-state index in [1.165, 1.54) is 0 Å². The van der Waals surface area contributed by atoms with Crippen LogP contribution in [0, 0.1) is 18.3 Å². The van der Waals surface area contributed by atoms with E-state index >= 15 is 0 Å². The summed E-state index contributed by atoms with van der Waals surface area (Å²) in [6, 6.07) is 13.8. The topological polar surface area (TPSA) is 94.7 Å². The van der Waals surface area contributed by atoms with Crippen LogP contribution in [0.5, 0.6) is 11.5 Å². The third-order valence-corrected chi connectivity index (χ3v) is 3.26. The average Bonchev–Trinajstić information content (AvgIpc) is 2.60. The van der Waals surface area contributed by atoms with Gasteiger partial charge in [-0.3, -0.25) is 4.79 Å². The molecule has 0 atom stereocenters. The van der Waals surface area contributed by atoms with Gasteiger partial charge in [-0.15, -0.1) is 0 Å². The summed E-state index contributed by atoms with van der Waals surface area (Å²) in [4.78, 5) is 11.8. The lowest BCUT2D eigenvalue weighted by molar-refractivity contribution is -0.123. The van der Waals surface area contributed by atoms with Crippen molar-refractivity contribution >= 4 is 11.6 Å². The van der Waals surface area contributed by atoms with Crippen molar-refractivity contribution in [1.82, 2.24) is 5.43 Å². The Hall–Kier alpha value is -3.33. The van der Waals surface area contributed by atoms with Crippen molar-refractivity contribution in [3.05, 3.63) is 59.2 Å². The van der Waals surface area contributed by atoms with Crippen molar-refractivity contribution < 1.29 is 14.6 Å². The molecule has 2 N–H and O–H groups in total. The zero-order valence-corrected chi connectivity index (χ0v) is 13.4. The number of phenols is 1. The lowest BCUT2D eigenvalue weighted by Gasteiger charge is -2.08. The van der Waals surface area contributed by atoms with Gasteiger partial charge in [-0.25, -0.2) is 5.43 Å². The molecule has 0 aliphatic rings. The number of nitrogens with one attached hydrogen (secondary N) is 1. The van der Waals surface area contributed by atoms with Crippen LogP contribution in [0.3, 0.4) is 0 Å². The predicted molar refractivity (Wildman–Crippen MR) is 89.8 cm³/mol. The second-order valence-corrected chi connectivity index (χ2v) is 5.15. The van der Waals surface area contributed by atoms with Crippen LogP contribution in [0.25, 0.3) is 0 Å². The standard InChI is InChI=1S/C18H17N3O3/c1-12-7-8-16(22)15(9-12)13(2)20-21-18(23)11-24-17-6-4-3-5-14(17)10-19/h3-9,22H,11H2,1-2H3,(H,21,23)/b20-13+. The molecular weight excluding hydrogens is 306 g/mol. The zero-order chi connectivity index (χ0) is 17.5. The van der Waals surface area contributed by atoms with Gasteiger partial charge in [-0.05, 0) is 38.1 Å². The maximum absolute atomic E-state index is 11.8. The Morgan fingerprint density at radius 1 is 1.33 bits per heavy atom. The number of carbonyl (C=O) groups excluding carboxylic acids is 1. The third kappa shape index (κ3) is 4.34. The molecule has 2 aromatic rings. The van der Waals surface area contributed by atoms with Crippen LogP contribution in [0.15, 0.2) is 47.6 Å². The van der Waals surface area contributed by atoms with Gasteiger partial charge in [-0.2, -0.15) is 10.4 Å². The smallest absolute Gasteiger partial charge is 0.277 e. The molecule has 0 heterocycles. The molecule has 0 spiro atoms. The van der Waals surface area contributed by atoms with Crippen molar-refractivity contribution in [1.29, 1.82) is 5.26 Å². The zero-order valence-electron chi connectivity index (χ0n) is 13.4. The molecule has 2 rings (SSSR count). The molecule has 0 saturated heterocycles. The van der Waals surface area contributed by atoms with Crippen LogP contribution in [0.1, 0.15) is 23.6 Å². The molecule has 0 radical (unpaired) electrons. The highest BCUT2D eigenvalue weighted by Gasteiger charge is 2.08. The van der Waals surface area contributed by atoms with Crippen LogP contribution in [-0.4, -0.2) is 23.3 Å². The summed E-state index contributed by atoms with van der Waals surface area (Å²) in [5.41, 5.74) is 4.72. The van der Waals surface area contributed by atoms with Crippen LogP contribution >= 0.6 is 0 Å². The summed E-state index contributed by atoms with van der Waals surface area (Å²) in [6.45, 7) is 3.31. The van der Waals surface area contributed by atoms with Crippen LogP contribution in [0.2, 0.25) is 0 Å². The van der Waals surface area contributed by atoms with Crippen LogP contribution in [-0.2, 0) is 4.79 Å². The largest absolute Gasteiger partial charge is 0.507 e. The number of carbonyl (C=O) groups is 1. The second kappa shape index (κ2) is 7.79. The Balaban J connectivity index is 1.97. The molecule has 122 valence electrons. The maximum Gasteiger partial charge on any atom is 0.277 e. The molecule has 6 nitrogen and oxygen atoms in total. The number of rotatable bonds is 5. The minimum absolute atomic E-state index is 0.0929. The monoisotopic (exact) mass is 323 g/mol. The van der Waals surface area contributed by atoms with Crippen molar-refractivity contribution in [3.63, 3.8) is 0 Å². The first-order valence-corrected chi connectivity index (χ1v) is 7.26. The van der Waals surface area contributed by atoms with Gasteiger partial charge < -0.3 is 9.84 Å². The van der Waals surface area contributed by atoms with E-state index in [0.717, 1.165) is 5.56 Å². The molecule has 0 aromatic heterocycles. The van der Waals surface area contributed by atoms with Crippen molar-refractivity contribution in [3.8, 4) is 17.6 Å². The first-order valence-electron chi connectivity index (χ1n) is 7.26. The highest BCUT2D eigenvalue weighted by Crippen LogP contribution is 2.19. The summed E-state index contributed by atoms with van der Waals surface area (Å²) in [5.74, 6) is -0.0308. The average molecular weight is 323 g/mol. The number of nitriles is 1. The van der Waals surface area contributed by atoms with Gasteiger partial charge in [0, 0.05) is 5.56 Å². The molecule has 0 fully saturated rings. The molecular formula is C18H17N3O3. The van der Waals surface area contributed by atoms with Gasteiger partial charge in [0.1, 0.15) is 17.6 Å². The summed E-state index contributed by atoms with van der Waals surface area (Å²) in [5, 5.41) is 22.8. The highest BCUT2D eigenvalue weighted by atomic mass is 16.5. The lowest BCUT2D eigenvalue weighted by atomic mass is 10.1. The van der Waals surface area contributed by atoms with E-state index in [2.05, 4.69) is 10.5 Å². The number of ether oxygens (including phenoxy) is 1. The van der Waals surface area contributed by atoms with E-state index in [0.29, 0.717) is 22.6 Å². The maximum atomic E-state index is 11.8. The number of amides is 1. The number of aryl methyl sites for hydroxylation is 1. The van der Waals surface area contributed by atoms with E-state index in [9.17, 15) is 9.90 Å². The number of hydrogen-bond acceptors (Lipinski definition) is 5. The minimum atomic E-state index is -0.464. The number of hydrazone groups is 1. The molecule has 0 aliphatic carbocycles. The molecule has 0 aliphatic heterocycles. The number of hydrogen-bond donors (Lipinski definition) is 2. The lowest BCUT2D eigenvalue weighted by Crippen LogP contribution is -2.25. The number of para-hydroxylation sites is 1. The Morgan fingerprint density at radius 2 is 2.08 bits per heavy atom. The van der Waals surface area contributed by atoms with Crippen molar-refractivity contribution in [2.75, 3.05) is 6.61 Å². The van der Waals surface area contributed by atoms with E-state index < -0.39 is 5.91 Å². The molecule has 0 saturated carbocycles. The molecule has 2 aromatic carbocycles. The summed E-state index contributed by atoms with van der Waals surface area (Å²) in [6.07, 6.45) is 0. The normalized spacial score (nSPS) is 10.8. The Morgan fingerprint density at radius 3 is 2.83 bits per heavy atom. The van der Waals surface area contributed by atoms with E-state index in [1.54, 1.807) is 49.4 Å². The van der Waals surface area contributed by atoms with Crippen molar-refractivity contribution in [2.24, 2.45) is 5.10 Å². The minimum Gasteiger partial charge on any atom is -0.507 e. The second-order valence-electron chi connectivity index (χ2n) is 5.15. The SMILES string of the molecule is C/C(=N\NC(=O)COc1ccccc1C#N)c1cc(C)ccc1O. The fourth-order valence-corrected chi connectivity index (χ4v) is 2.01. The Kier molecular flexibility index (Phi) is 5.53. The molecule has 6 heteroatoms. The van der Waals surface area contributed by atoms with Gasteiger partial charge in [0.05, 0.1) is 11.3 Å². The summed E-state index contributed by atoms with van der Waals surface area (Å²) >= 11 is 0. The molecule has 0 unspecified atom stereocenters. The highest BCUT2D eigenvalue weighted by molar-refractivity contribution is 6.01. The van der Waals surface area contributed by atoms with Gasteiger partial charge in [-0.1, -0.05) is 23.8 Å². The van der Waals surface area contributed by atoms with E-state index in [1.807, 2.05) is 13.0 Å². The Labute approximate surface area is 140 Å². The number of nitrogens with zero attached hydrogens (tertiary/aromatic N) is 2. The first kappa shape index (κ1) is 17.0. The van der Waals surface area contributed by atoms with E-state index in [4.69, 9.17) is 10.00 Å². The molecule has 1 amide bonds. The molecule has 0 bridgehead atoms. The summed E-state index contributed by atoms with van der Waals surface area (Å²) < 4.78 is 5.32. The summed E-state index contributed by atoms with van der Waals surface area (Å²) in [7, 11) is 0. The Bertz CT molecular complexity index is 822. The molecule has 24 heavy (non-hydrogen) atoms. The van der Waals surface area contributed by atoms with Crippen LogP contribution in [0.4, 0.5) is 0 Å². The third-order valence-electron chi connectivity index (χ3n) is 3.26. The van der Waals surface area contributed by atoms with Crippen LogP contribution < -0.4 is 10.2 Å².